The highest BCUT2D eigenvalue weighted by Crippen LogP contribution is 2.37. The molecule has 5 aliphatic heterocycles. The van der Waals surface area contributed by atoms with E-state index < -0.39 is 161 Å². The van der Waals surface area contributed by atoms with Gasteiger partial charge in [0.1, 0.15) is 97.7 Å². The van der Waals surface area contributed by atoms with Gasteiger partial charge in [-0.15, -0.1) is 0 Å². The molecule has 0 unspecified atom stereocenters. The molecule has 0 saturated carbocycles. The van der Waals surface area contributed by atoms with Gasteiger partial charge in [0.05, 0.1) is 31.5 Å². The van der Waals surface area contributed by atoms with Crippen molar-refractivity contribution >= 4 is 0 Å². The maximum absolute atomic E-state index is 11.3. The maximum Gasteiger partial charge on any atom is 0.187 e. The van der Waals surface area contributed by atoms with Gasteiger partial charge in [-0.05, 0) is 20.8 Å². The summed E-state index contributed by atoms with van der Waals surface area (Å²) in [6.07, 6.45) is -39.4. The van der Waals surface area contributed by atoms with Crippen molar-refractivity contribution in [3.8, 4) is 0 Å². The lowest BCUT2D eigenvalue weighted by atomic mass is 9.96. The van der Waals surface area contributed by atoms with Crippen LogP contribution in [0.1, 0.15) is 20.8 Å². The lowest BCUT2D eigenvalue weighted by Gasteiger charge is -2.50. The zero-order valence-electron chi connectivity index (χ0n) is 27.8. The predicted molar refractivity (Wildman–Crippen MR) is 156 cm³/mol. The quantitative estimate of drug-likeness (QED) is 0.0986. The lowest BCUT2D eigenvalue weighted by molar-refractivity contribution is -0.401. The Morgan fingerprint density at radius 1 is 0.353 bits per heavy atom. The van der Waals surface area contributed by atoms with Gasteiger partial charge in [-0.25, -0.2) is 0 Å². The first-order chi connectivity index (χ1) is 24.0. The molecule has 0 aliphatic carbocycles. The van der Waals surface area contributed by atoms with Crippen molar-refractivity contribution in [2.75, 3.05) is 13.2 Å². The van der Waals surface area contributed by atoms with E-state index in [4.69, 9.17) is 42.6 Å². The highest BCUT2D eigenvalue weighted by molar-refractivity contribution is 4.98. The minimum Gasteiger partial charge on any atom is -0.394 e. The third-order valence-corrected chi connectivity index (χ3v) is 9.85. The van der Waals surface area contributed by atoms with Crippen molar-refractivity contribution in [3.05, 3.63) is 0 Å². The molecule has 0 spiro atoms. The molecular weight excluding hydrogens is 700 g/mol. The van der Waals surface area contributed by atoms with Crippen molar-refractivity contribution in [3.63, 3.8) is 0 Å². The Morgan fingerprint density at radius 2 is 0.765 bits per heavy atom. The molecule has 5 heterocycles. The Bertz CT molecular complexity index is 1110. The van der Waals surface area contributed by atoms with Gasteiger partial charge in [0.15, 0.2) is 31.5 Å². The standard InChI is InChI=1S/C29H50O22/c1-6-11(32)17(38)23(25(42)43-6)50-28-20(41)21(12(33)7(2)44-28)48-29-24(51-27-19(40)16(37)14(35)9(4-30)46-27)22(13(34)8(3)45-29)49-26-18(39)15(36)10(5-31)47-26/h6-42H,4-5H2,1-3H3/t6-,7-,8-,9+,10+,11-,12-,13-,14+,15+,16-,17+,18+,19-,20+,21+,22+,23+,24+,25+,26-,27-,28-,29-/m0/s1. The summed E-state index contributed by atoms with van der Waals surface area (Å²) in [5.41, 5.74) is 0. The average molecular weight is 751 g/mol. The van der Waals surface area contributed by atoms with Crippen molar-refractivity contribution < 1.29 is 109 Å². The summed E-state index contributed by atoms with van der Waals surface area (Å²) in [5, 5.41) is 136. The van der Waals surface area contributed by atoms with E-state index in [0.717, 1.165) is 0 Å². The zero-order chi connectivity index (χ0) is 37.6. The monoisotopic (exact) mass is 750 g/mol. The van der Waals surface area contributed by atoms with Gasteiger partial charge in [-0.2, -0.15) is 0 Å². The van der Waals surface area contributed by atoms with E-state index in [2.05, 4.69) is 0 Å². The Morgan fingerprint density at radius 3 is 1.33 bits per heavy atom. The van der Waals surface area contributed by atoms with Gasteiger partial charge >= 0.3 is 0 Å². The normalized spacial score (nSPS) is 55.5. The molecule has 13 N–H and O–H groups in total. The summed E-state index contributed by atoms with van der Waals surface area (Å²) in [5.74, 6) is 0. The van der Waals surface area contributed by atoms with Crippen molar-refractivity contribution in [1.82, 2.24) is 0 Å². The van der Waals surface area contributed by atoms with Crippen LogP contribution in [0, 0.1) is 0 Å². The summed E-state index contributed by atoms with van der Waals surface area (Å²) in [6, 6.07) is 0. The van der Waals surface area contributed by atoms with Gasteiger partial charge in [0.2, 0.25) is 0 Å². The first-order valence-corrected chi connectivity index (χ1v) is 16.6. The average Bonchev–Trinajstić information content (AvgIpc) is 3.37. The van der Waals surface area contributed by atoms with E-state index >= 15 is 0 Å². The topological polar surface area (TPSA) is 346 Å². The molecule has 5 fully saturated rings. The maximum atomic E-state index is 11.3. The number of hydrogen-bond donors (Lipinski definition) is 13. The highest BCUT2D eigenvalue weighted by atomic mass is 16.8. The van der Waals surface area contributed by atoms with Crippen molar-refractivity contribution in [1.29, 1.82) is 0 Å². The molecule has 298 valence electrons. The summed E-state index contributed by atoms with van der Waals surface area (Å²) in [4.78, 5) is 0. The number of aliphatic hydroxyl groups is 13. The molecule has 0 aromatic carbocycles. The SMILES string of the molecule is C[C@@H]1O[C@@H](O)[C@H](O[C@@H]2O[C@@H](C)[C@H](O)[C@@H](O[C@@H]3O[C@@H](C)[C@H](O)[C@@H](O[C@@H]4O[C@H](CO)[C@@H](O)[C@H]4O)[C@H]3O[C@@H]3O[C@H](CO)[C@@H](O)[C@H](O)[C@@H]3O)[C@H]2O)[C@H](O)[C@H]1O. The zero-order valence-corrected chi connectivity index (χ0v) is 27.8. The van der Waals surface area contributed by atoms with Crippen LogP contribution >= 0.6 is 0 Å². The van der Waals surface area contributed by atoms with Crippen LogP contribution in [0.2, 0.25) is 0 Å². The van der Waals surface area contributed by atoms with E-state index in [1.807, 2.05) is 0 Å². The van der Waals surface area contributed by atoms with Crippen LogP contribution in [0.5, 0.6) is 0 Å². The lowest BCUT2D eigenvalue weighted by Crippen LogP contribution is -2.67. The summed E-state index contributed by atoms with van der Waals surface area (Å²) >= 11 is 0. The van der Waals surface area contributed by atoms with Crippen LogP contribution < -0.4 is 0 Å². The highest BCUT2D eigenvalue weighted by Gasteiger charge is 2.56. The fraction of sp³-hybridized carbons (Fsp3) is 1.00. The predicted octanol–water partition coefficient (Wildman–Crippen LogP) is -8.20. The molecule has 24 atom stereocenters. The minimum atomic E-state index is -1.99. The molecule has 5 rings (SSSR count). The number of aliphatic hydroxyl groups excluding tert-OH is 13. The molecular formula is C29H50O22. The van der Waals surface area contributed by atoms with Gasteiger partial charge in [-0.1, -0.05) is 0 Å². The fourth-order valence-electron chi connectivity index (χ4n) is 6.61. The van der Waals surface area contributed by atoms with Crippen LogP contribution in [-0.4, -0.2) is 227 Å². The van der Waals surface area contributed by atoms with E-state index in [1.165, 1.54) is 20.8 Å². The molecule has 51 heavy (non-hydrogen) atoms. The van der Waals surface area contributed by atoms with E-state index in [9.17, 15) is 66.4 Å². The molecule has 5 aliphatic rings. The molecule has 0 aromatic heterocycles. The number of rotatable bonds is 10. The first kappa shape index (κ1) is 41.3. The van der Waals surface area contributed by atoms with Gasteiger partial charge in [0, 0.05) is 0 Å². The van der Waals surface area contributed by atoms with Crippen molar-refractivity contribution in [2.45, 2.75) is 168 Å². The summed E-state index contributed by atoms with van der Waals surface area (Å²) in [7, 11) is 0. The van der Waals surface area contributed by atoms with Crippen LogP contribution in [0.25, 0.3) is 0 Å². The van der Waals surface area contributed by atoms with E-state index in [-0.39, 0.29) is 0 Å². The van der Waals surface area contributed by atoms with Crippen LogP contribution in [-0.2, 0) is 42.6 Å². The molecule has 22 heteroatoms. The summed E-state index contributed by atoms with van der Waals surface area (Å²) < 4.78 is 50.9. The molecule has 5 saturated heterocycles. The molecule has 0 bridgehead atoms. The van der Waals surface area contributed by atoms with Gasteiger partial charge < -0.3 is 109 Å². The van der Waals surface area contributed by atoms with Gasteiger partial charge in [0.25, 0.3) is 0 Å². The van der Waals surface area contributed by atoms with Crippen LogP contribution in [0.4, 0.5) is 0 Å². The van der Waals surface area contributed by atoms with Crippen LogP contribution in [0.3, 0.4) is 0 Å². The Balaban J connectivity index is 1.43. The smallest absolute Gasteiger partial charge is 0.187 e. The minimum absolute atomic E-state index is 0.721. The molecule has 0 amide bonds. The second kappa shape index (κ2) is 16.9. The molecule has 22 nitrogen and oxygen atoms in total. The number of ether oxygens (including phenoxy) is 9. The second-order valence-corrected chi connectivity index (χ2v) is 13.4. The second-order valence-electron chi connectivity index (χ2n) is 13.4. The first-order valence-electron chi connectivity index (χ1n) is 16.6. The van der Waals surface area contributed by atoms with Crippen molar-refractivity contribution in [2.24, 2.45) is 0 Å². The van der Waals surface area contributed by atoms with E-state index in [0.29, 0.717) is 0 Å². The Kier molecular flexibility index (Phi) is 13.7. The van der Waals surface area contributed by atoms with Gasteiger partial charge in [-0.3, -0.25) is 0 Å². The Hall–Kier alpha value is -0.880. The number of hydrogen-bond acceptors (Lipinski definition) is 22. The van der Waals surface area contributed by atoms with E-state index in [1.54, 1.807) is 0 Å². The fourth-order valence-corrected chi connectivity index (χ4v) is 6.61. The van der Waals surface area contributed by atoms with Crippen LogP contribution in [0.15, 0.2) is 0 Å². The summed E-state index contributed by atoms with van der Waals surface area (Å²) in [6.45, 7) is 2.58. The third kappa shape index (κ3) is 8.23. The largest absolute Gasteiger partial charge is 0.394 e. The molecule has 0 aromatic rings. The Labute approximate surface area is 290 Å². The molecule has 0 radical (unpaired) electrons. The third-order valence-electron chi connectivity index (χ3n) is 9.85.